The number of amides is 1. The highest BCUT2D eigenvalue weighted by molar-refractivity contribution is 5.68. The maximum atomic E-state index is 12.1. The van der Waals surface area contributed by atoms with Gasteiger partial charge in [-0.2, -0.15) is 0 Å². The summed E-state index contributed by atoms with van der Waals surface area (Å²) in [7, 11) is 1.65. The molecule has 0 aliphatic carbocycles. The fraction of sp³-hybridized carbons (Fsp3) is 0.933. The Balaban J connectivity index is 2.57. The molecule has 6 nitrogen and oxygen atoms in total. The average Bonchev–Trinajstić information content (AvgIpc) is 2.78. The first kappa shape index (κ1) is 18.2. The van der Waals surface area contributed by atoms with E-state index in [0.717, 1.165) is 0 Å². The van der Waals surface area contributed by atoms with Crippen LogP contribution >= 0.6 is 0 Å². The van der Waals surface area contributed by atoms with Gasteiger partial charge in [-0.1, -0.05) is 13.8 Å². The minimum atomic E-state index is -0.496. The van der Waals surface area contributed by atoms with Crippen LogP contribution in [0.5, 0.6) is 0 Å². The second-order valence-corrected chi connectivity index (χ2v) is 7.47. The molecule has 0 bridgehead atoms. The van der Waals surface area contributed by atoms with Crippen molar-refractivity contribution in [3.05, 3.63) is 0 Å². The number of aliphatic hydroxyl groups excluding tert-OH is 1. The van der Waals surface area contributed by atoms with Gasteiger partial charge in [0.2, 0.25) is 0 Å². The Kier molecular flexibility index (Phi) is 6.01. The van der Waals surface area contributed by atoms with E-state index in [1.165, 1.54) is 0 Å². The van der Waals surface area contributed by atoms with Gasteiger partial charge >= 0.3 is 6.09 Å². The van der Waals surface area contributed by atoms with E-state index in [2.05, 4.69) is 5.32 Å². The van der Waals surface area contributed by atoms with Crippen LogP contribution in [0.1, 0.15) is 34.6 Å². The van der Waals surface area contributed by atoms with Crippen LogP contribution in [0, 0.1) is 5.41 Å². The maximum Gasteiger partial charge on any atom is 0.410 e. The molecule has 1 fully saturated rings. The number of nitrogens with zero attached hydrogens (tertiary/aromatic N) is 1. The lowest BCUT2D eigenvalue weighted by atomic mass is 9.94. The summed E-state index contributed by atoms with van der Waals surface area (Å²) in [4.78, 5) is 13.8. The summed E-state index contributed by atoms with van der Waals surface area (Å²) in [6.07, 6.45) is -0.373. The molecule has 0 aromatic carbocycles. The molecule has 2 atom stereocenters. The lowest BCUT2D eigenvalue weighted by Crippen LogP contribution is -2.45. The summed E-state index contributed by atoms with van der Waals surface area (Å²) >= 11 is 0. The summed E-state index contributed by atoms with van der Waals surface area (Å²) in [6.45, 7) is 11.4. The first-order chi connectivity index (χ1) is 9.58. The highest BCUT2D eigenvalue weighted by Gasteiger charge is 2.37. The van der Waals surface area contributed by atoms with Gasteiger partial charge in [-0.25, -0.2) is 4.79 Å². The van der Waals surface area contributed by atoms with Crippen LogP contribution in [-0.2, 0) is 9.47 Å². The molecule has 1 unspecified atom stereocenters. The summed E-state index contributed by atoms with van der Waals surface area (Å²) in [5.74, 6) is 0. The quantitative estimate of drug-likeness (QED) is 0.799. The van der Waals surface area contributed by atoms with Crippen molar-refractivity contribution < 1.29 is 19.4 Å². The number of aliphatic hydroxyl groups is 1. The molecule has 0 aromatic heterocycles. The van der Waals surface area contributed by atoms with E-state index >= 15 is 0 Å². The van der Waals surface area contributed by atoms with Gasteiger partial charge in [-0.15, -0.1) is 0 Å². The monoisotopic (exact) mass is 302 g/mol. The molecular formula is C15H30N2O4. The van der Waals surface area contributed by atoms with Gasteiger partial charge in [0.15, 0.2) is 0 Å². The lowest BCUT2D eigenvalue weighted by molar-refractivity contribution is 0.0252. The van der Waals surface area contributed by atoms with Crippen molar-refractivity contribution in [2.45, 2.75) is 52.4 Å². The Morgan fingerprint density at radius 2 is 1.90 bits per heavy atom. The summed E-state index contributed by atoms with van der Waals surface area (Å²) in [5, 5.41) is 12.7. The molecule has 0 aromatic rings. The molecule has 0 saturated carbocycles. The van der Waals surface area contributed by atoms with E-state index in [4.69, 9.17) is 9.47 Å². The Hall–Kier alpha value is -0.850. The number of carbonyl (C=O) groups excluding carboxylic acids is 1. The molecule has 1 heterocycles. The maximum absolute atomic E-state index is 12.1. The van der Waals surface area contributed by atoms with Crippen LogP contribution in [0.15, 0.2) is 0 Å². The van der Waals surface area contributed by atoms with Gasteiger partial charge in [0.05, 0.1) is 18.7 Å². The number of rotatable bonds is 5. The second-order valence-electron chi connectivity index (χ2n) is 7.47. The van der Waals surface area contributed by atoms with Gasteiger partial charge in [0.25, 0.3) is 0 Å². The highest BCUT2D eigenvalue weighted by Crippen LogP contribution is 2.19. The van der Waals surface area contributed by atoms with E-state index in [1.54, 1.807) is 12.0 Å². The van der Waals surface area contributed by atoms with E-state index in [0.29, 0.717) is 19.6 Å². The first-order valence-electron chi connectivity index (χ1n) is 7.43. The molecule has 1 rings (SSSR count). The third kappa shape index (κ3) is 5.80. The van der Waals surface area contributed by atoms with Crippen molar-refractivity contribution in [3.63, 3.8) is 0 Å². The van der Waals surface area contributed by atoms with Crippen LogP contribution in [0.2, 0.25) is 0 Å². The Morgan fingerprint density at radius 3 is 2.38 bits per heavy atom. The predicted molar refractivity (Wildman–Crippen MR) is 81.3 cm³/mol. The van der Waals surface area contributed by atoms with Crippen LogP contribution in [0.3, 0.4) is 0 Å². The van der Waals surface area contributed by atoms with Crippen molar-refractivity contribution >= 4 is 6.09 Å². The zero-order valence-corrected chi connectivity index (χ0v) is 14.1. The number of ether oxygens (including phenoxy) is 2. The number of carbonyl (C=O) groups is 1. The Bertz CT molecular complexity index is 352. The molecule has 1 saturated heterocycles. The number of hydrogen-bond donors (Lipinski definition) is 2. The number of nitrogens with one attached hydrogen (secondary N) is 1. The van der Waals surface area contributed by atoms with Crippen LogP contribution in [-0.4, -0.2) is 67.2 Å². The van der Waals surface area contributed by atoms with E-state index in [-0.39, 0.29) is 30.3 Å². The number of hydrogen-bond acceptors (Lipinski definition) is 5. The number of likely N-dealkylation sites (tertiary alicyclic amines) is 1. The van der Waals surface area contributed by atoms with Crippen molar-refractivity contribution in [1.82, 2.24) is 10.2 Å². The highest BCUT2D eigenvalue weighted by atomic mass is 16.6. The van der Waals surface area contributed by atoms with Crippen LogP contribution in [0.4, 0.5) is 4.79 Å². The van der Waals surface area contributed by atoms with Crippen molar-refractivity contribution in [2.75, 3.05) is 33.4 Å². The number of methoxy groups -OCH3 is 1. The standard InChI is InChI=1S/C15H30N2O4/c1-14(2,3)21-13(19)17-7-11(12(8-17)20-6)16-9-15(4,5)10-18/h11-12,16,18H,7-10H2,1-6H3/t11?,12-/m0/s1. The third-order valence-electron chi connectivity index (χ3n) is 3.49. The van der Waals surface area contributed by atoms with Gasteiger partial charge in [0.1, 0.15) is 5.60 Å². The van der Waals surface area contributed by atoms with E-state index in [9.17, 15) is 9.90 Å². The van der Waals surface area contributed by atoms with E-state index in [1.807, 2.05) is 34.6 Å². The molecular weight excluding hydrogens is 272 g/mol. The predicted octanol–water partition coefficient (Wildman–Crippen LogP) is 1.23. The fourth-order valence-electron chi connectivity index (χ4n) is 2.15. The van der Waals surface area contributed by atoms with Crippen LogP contribution in [0.25, 0.3) is 0 Å². The molecule has 2 N–H and O–H groups in total. The topological polar surface area (TPSA) is 71.0 Å². The molecule has 124 valence electrons. The Labute approximate surface area is 127 Å². The van der Waals surface area contributed by atoms with Crippen molar-refractivity contribution in [1.29, 1.82) is 0 Å². The van der Waals surface area contributed by atoms with Crippen molar-refractivity contribution in [2.24, 2.45) is 5.41 Å². The van der Waals surface area contributed by atoms with Crippen molar-refractivity contribution in [3.8, 4) is 0 Å². The minimum absolute atomic E-state index is 0.0494. The SMILES string of the molecule is CO[C@H]1CN(C(=O)OC(C)(C)C)CC1NCC(C)(C)CO. The average molecular weight is 302 g/mol. The lowest BCUT2D eigenvalue weighted by Gasteiger charge is -2.26. The van der Waals surface area contributed by atoms with Gasteiger partial charge in [-0.3, -0.25) is 0 Å². The fourth-order valence-corrected chi connectivity index (χ4v) is 2.15. The molecule has 1 aliphatic rings. The molecule has 6 heteroatoms. The normalized spacial score (nSPS) is 23.5. The third-order valence-corrected chi connectivity index (χ3v) is 3.49. The smallest absolute Gasteiger partial charge is 0.410 e. The second kappa shape index (κ2) is 6.94. The largest absolute Gasteiger partial charge is 0.444 e. The van der Waals surface area contributed by atoms with Crippen LogP contribution < -0.4 is 5.32 Å². The molecule has 0 spiro atoms. The molecule has 1 aliphatic heterocycles. The zero-order chi connectivity index (χ0) is 16.3. The summed E-state index contributed by atoms with van der Waals surface area (Å²) < 4.78 is 10.9. The zero-order valence-electron chi connectivity index (χ0n) is 14.1. The van der Waals surface area contributed by atoms with Gasteiger partial charge in [0, 0.05) is 32.2 Å². The first-order valence-corrected chi connectivity index (χ1v) is 7.43. The summed E-state index contributed by atoms with van der Waals surface area (Å²) in [6, 6.07) is 0.0494. The molecule has 0 radical (unpaired) electrons. The molecule has 21 heavy (non-hydrogen) atoms. The minimum Gasteiger partial charge on any atom is -0.444 e. The molecule has 1 amide bonds. The Morgan fingerprint density at radius 1 is 1.29 bits per heavy atom. The van der Waals surface area contributed by atoms with Gasteiger partial charge in [-0.05, 0) is 20.8 Å². The van der Waals surface area contributed by atoms with E-state index < -0.39 is 5.60 Å². The van der Waals surface area contributed by atoms with Gasteiger partial charge < -0.3 is 24.8 Å². The summed E-state index contributed by atoms with van der Waals surface area (Å²) in [5.41, 5.74) is -0.693.